The van der Waals surface area contributed by atoms with Gasteiger partial charge in [0, 0.05) is 13.1 Å². The number of hydrogen-bond donors (Lipinski definition) is 0. The van der Waals surface area contributed by atoms with Crippen LogP contribution in [0.4, 0.5) is 9.52 Å². The van der Waals surface area contributed by atoms with Crippen LogP contribution in [-0.4, -0.2) is 69.2 Å². The Morgan fingerprint density at radius 3 is 2.56 bits per heavy atom. The van der Waals surface area contributed by atoms with Gasteiger partial charge in [-0.1, -0.05) is 11.3 Å². The van der Waals surface area contributed by atoms with Crippen molar-refractivity contribution in [1.29, 1.82) is 0 Å². The molecule has 0 N–H and O–H groups in total. The Labute approximate surface area is 188 Å². The molecule has 32 heavy (non-hydrogen) atoms. The van der Waals surface area contributed by atoms with Crippen LogP contribution in [0, 0.1) is 5.82 Å². The molecule has 2 saturated heterocycles. The van der Waals surface area contributed by atoms with Crippen molar-refractivity contribution >= 4 is 42.7 Å². The van der Waals surface area contributed by atoms with E-state index in [1.165, 1.54) is 52.0 Å². The smallest absolute Gasteiger partial charge is 0.338 e. The van der Waals surface area contributed by atoms with Crippen LogP contribution >= 0.6 is 11.3 Å². The van der Waals surface area contributed by atoms with E-state index in [1.54, 1.807) is 6.07 Å². The second kappa shape index (κ2) is 8.39. The summed E-state index contributed by atoms with van der Waals surface area (Å²) in [5, 5.41) is 0.760. The SMILES string of the molecule is O=C(OC1CN(c2nc3ccc(F)cc3s2)C1)c1ccc(S(=O)(=O)N2CCOCC2)cc1. The highest BCUT2D eigenvalue weighted by Crippen LogP contribution is 2.32. The standard InChI is InChI=1S/C21H20FN3O5S2/c22-15-3-6-18-19(11-15)31-21(23-18)24-12-16(13-24)30-20(26)14-1-4-17(5-2-14)32(27,28)25-7-9-29-10-8-25/h1-6,11,16H,7-10,12-13H2. The summed E-state index contributed by atoms with van der Waals surface area (Å²) in [6.07, 6.45) is -0.289. The maximum Gasteiger partial charge on any atom is 0.338 e. The molecule has 0 amide bonds. The predicted molar refractivity (Wildman–Crippen MR) is 117 cm³/mol. The largest absolute Gasteiger partial charge is 0.455 e. The van der Waals surface area contributed by atoms with E-state index in [0.29, 0.717) is 45.0 Å². The van der Waals surface area contributed by atoms with Crippen molar-refractivity contribution in [2.75, 3.05) is 44.3 Å². The lowest BCUT2D eigenvalue weighted by Gasteiger charge is -2.38. The van der Waals surface area contributed by atoms with Crippen molar-refractivity contribution in [1.82, 2.24) is 9.29 Å². The Bertz CT molecular complexity index is 1250. The second-order valence-corrected chi connectivity index (χ2v) is 10.5. The first-order valence-electron chi connectivity index (χ1n) is 10.1. The minimum Gasteiger partial charge on any atom is -0.455 e. The number of morpholine rings is 1. The topological polar surface area (TPSA) is 89.0 Å². The molecule has 0 spiro atoms. The van der Waals surface area contributed by atoms with Crippen LogP contribution in [0.25, 0.3) is 10.2 Å². The number of carbonyl (C=O) groups excluding carboxylic acids is 1. The van der Waals surface area contributed by atoms with Gasteiger partial charge in [0.25, 0.3) is 0 Å². The summed E-state index contributed by atoms with van der Waals surface area (Å²) in [5.74, 6) is -0.803. The van der Waals surface area contributed by atoms with Gasteiger partial charge in [-0.2, -0.15) is 4.31 Å². The third-order valence-corrected chi connectivity index (χ3v) is 8.42. The van der Waals surface area contributed by atoms with Crippen LogP contribution in [0.5, 0.6) is 0 Å². The van der Waals surface area contributed by atoms with Gasteiger partial charge in [-0.15, -0.1) is 0 Å². The number of benzene rings is 2. The fraction of sp³-hybridized carbons (Fsp3) is 0.333. The highest BCUT2D eigenvalue weighted by Gasteiger charge is 2.33. The minimum absolute atomic E-state index is 0.137. The molecule has 5 rings (SSSR count). The molecule has 0 unspecified atom stereocenters. The van der Waals surface area contributed by atoms with E-state index in [9.17, 15) is 17.6 Å². The van der Waals surface area contributed by atoms with E-state index in [4.69, 9.17) is 9.47 Å². The number of sulfonamides is 1. The average molecular weight is 478 g/mol. The quantitative estimate of drug-likeness (QED) is 0.522. The normalized spacial score (nSPS) is 18.0. The number of carbonyl (C=O) groups is 1. The zero-order valence-corrected chi connectivity index (χ0v) is 18.6. The zero-order valence-electron chi connectivity index (χ0n) is 16.9. The van der Waals surface area contributed by atoms with Crippen molar-refractivity contribution in [3.8, 4) is 0 Å². The molecule has 0 radical (unpaired) electrons. The van der Waals surface area contributed by atoms with Crippen LogP contribution < -0.4 is 4.90 Å². The number of fused-ring (bicyclic) bond motifs is 1. The van der Waals surface area contributed by atoms with E-state index in [0.717, 1.165) is 15.3 Å². The molecule has 0 bridgehead atoms. The number of thiazole rings is 1. The molecule has 2 aliphatic rings. The number of anilines is 1. The summed E-state index contributed by atoms with van der Waals surface area (Å²) in [7, 11) is -3.61. The first kappa shape index (κ1) is 21.3. The Hall–Kier alpha value is -2.60. The Morgan fingerprint density at radius 1 is 1.12 bits per heavy atom. The zero-order chi connectivity index (χ0) is 22.3. The van der Waals surface area contributed by atoms with E-state index in [1.807, 2.05) is 4.90 Å². The highest BCUT2D eigenvalue weighted by molar-refractivity contribution is 7.89. The summed E-state index contributed by atoms with van der Waals surface area (Å²) in [5.41, 5.74) is 1.03. The fourth-order valence-corrected chi connectivity index (χ4v) is 6.03. The summed E-state index contributed by atoms with van der Waals surface area (Å²) in [6, 6.07) is 10.3. The predicted octanol–water partition coefficient (Wildman–Crippen LogP) is 2.50. The lowest BCUT2D eigenvalue weighted by molar-refractivity contribution is 0.0234. The maximum absolute atomic E-state index is 13.4. The molecule has 0 atom stereocenters. The summed E-state index contributed by atoms with van der Waals surface area (Å²) < 4.78 is 51.6. The van der Waals surface area contributed by atoms with Crippen LogP contribution in [-0.2, 0) is 19.5 Å². The van der Waals surface area contributed by atoms with Crippen molar-refractivity contribution in [2.24, 2.45) is 0 Å². The molecule has 1 aromatic heterocycles. The fourth-order valence-electron chi connectivity index (χ4n) is 3.61. The van der Waals surface area contributed by atoms with Crippen LogP contribution in [0.15, 0.2) is 47.4 Å². The first-order chi connectivity index (χ1) is 15.4. The monoisotopic (exact) mass is 477 g/mol. The van der Waals surface area contributed by atoms with Gasteiger partial charge in [0.15, 0.2) is 5.13 Å². The Morgan fingerprint density at radius 2 is 1.84 bits per heavy atom. The van der Waals surface area contributed by atoms with E-state index < -0.39 is 16.0 Å². The van der Waals surface area contributed by atoms with Crippen molar-refractivity contribution in [3.05, 3.63) is 53.8 Å². The van der Waals surface area contributed by atoms with Crippen LogP contribution in [0.3, 0.4) is 0 Å². The maximum atomic E-state index is 13.4. The van der Waals surface area contributed by atoms with Gasteiger partial charge in [-0.05, 0) is 42.5 Å². The molecule has 11 heteroatoms. The molecule has 8 nitrogen and oxygen atoms in total. The summed E-state index contributed by atoms with van der Waals surface area (Å²) in [4.78, 5) is 19.1. The van der Waals surface area contributed by atoms with E-state index >= 15 is 0 Å². The van der Waals surface area contributed by atoms with Crippen molar-refractivity contribution < 1.29 is 27.1 Å². The van der Waals surface area contributed by atoms with Gasteiger partial charge >= 0.3 is 5.97 Å². The molecule has 2 fully saturated rings. The van der Waals surface area contributed by atoms with Crippen LogP contribution in [0.1, 0.15) is 10.4 Å². The van der Waals surface area contributed by atoms with Gasteiger partial charge < -0.3 is 14.4 Å². The number of ether oxygens (including phenoxy) is 2. The molecule has 0 saturated carbocycles. The minimum atomic E-state index is -3.61. The molecule has 0 aliphatic carbocycles. The van der Waals surface area contributed by atoms with Gasteiger partial charge in [0.2, 0.25) is 10.0 Å². The Kier molecular flexibility index (Phi) is 5.58. The molecule has 2 aliphatic heterocycles. The number of rotatable bonds is 5. The third kappa shape index (κ3) is 4.08. The number of esters is 1. The van der Waals surface area contributed by atoms with Crippen molar-refractivity contribution in [2.45, 2.75) is 11.0 Å². The second-order valence-electron chi connectivity index (χ2n) is 7.58. The van der Waals surface area contributed by atoms with E-state index in [2.05, 4.69) is 4.98 Å². The summed E-state index contributed by atoms with van der Waals surface area (Å²) >= 11 is 1.39. The number of halogens is 1. The Balaban J connectivity index is 1.18. The van der Waals surface area contributed by atoms with Gasteiger partial charge in [0.05, 0.1) is 47.0 Å². The van der Waals surface area contributed by atoms with Gasteiger partial charge in [-0.3, -0.25) is 0 Å². The molecular formula is C21H20FN3O5S2. The number of nitrogens with zero attached hydrogens (tertiary/aromatic N) is 3. The van der Waals surface area contributed by atoms with Gasteiger partial charge in [-0.25, -0.2) is 22.6 Å². The van der Waals surface area contributed by atoms with Gasteiger partial charge in [0.1, 0.15) is 11.9 Å². The average Bonchev–Trinajstić information content (AvgIpc) is 3.19. The first-order valence-corrected chi connectivity index (χ1v) is 12.4. The van der Waals surface area contributed by atoms with Crippen LogP contribution in [0.2, 0.25) is 0 Å². The van der Waals surface area contributed by atoms with Crippen molar-refractivity contribution in [3.63, 3.8) is 0 Å². The summed E-state index contributed by atoms with van der Waals surface area (Å²) in [6.45, 7) is 2.36. The lowest BCUT2D eigenvalue weighted by atomic mass is 10.2. The third-order valence-electron chi connectivity index (χ3n) is 5.43. The molecule has 168 valence electrons. The molecule has 2 aromatic carbocycles. The number of aromatic nitrogens is 1. The molecular weight excluding hydrogens is 457 g/mol. The molecule has 3 aromatic rings. The number of hydrogen-bond acceptors (Lipinski definition) is 8. The highest BCUT2D eigenvalue weighted by atomic mass is 32.2. The lowest BCUT2D eigenvalue weighted by Crippen LogP contribution is -2.53. The van der Waals surface area contributed by atoms with E-state index in [-0.39, 0.29) is 16.8 Å². The molecule has 3 heterocycles.